The van der Waals surface area contributed by atoms with Crippen molar-refractivity contribution in [1.82, 2.24) is 0 Å². The first kappa shape index (κ1) is 14.4. The van der Waals surface area contributed by atoms with Gasteiger partial charge < -0.3 is 9.84 Å². The highest BCUT2D eigenvalue weighted by atomic mass is 35.5. The average Bonchev–Trinajstić information content (AvgIpc) is 2.31. The van der Waals surface area contributed by atoms with Crippen LogP contribution in [-0.2, 0) is 4.74 Å². The molecule has 0 saturated carbocycles. The van der Waals surface area contributed by atoms with Crippen molar-refractivity contribution in [3.63, 3.8) is 0 Å². The highest BCUT2D eigenvalue weighted by Crippen LogP contribution is 2.29. The molecule has 2 unspecified atom stereocenters. The number of benzene rings is 1. The largest absolute Gasteiger partial charge is 0.386 e. The standard InChI is InChI=1S/C13H18ClFO2/c1-3-5-12(17-4-2)13(16)10-8-9(15)6-7-11(10)14/h6-8,12-13,16H,3-5H2,1-2H3. The second-order valence-electron chi connectivity index (χ2n) is 3.89. The van der Waals surface area contributed by atoms with Crippen molar-refractivity contribution in [2.75, 3.05) is 6.61 Å². The lowest BCUT2D eigenvalue weighted by Gasteiger charge is -2.23. The van der Waals surface area contributed by atoms with Gasteiger partial charge in [-0.1, -0.05) is 24.9 Å². The lowest BCUT2D eigenvalue weighted by Crippen LogP contribution is -2.22. The van der Waals surface area contributed by atoms with E-state index < -0.39 is 11.9 Å². The molecule has 17 heavy (non-hydrogen) atoms. The minimum atomic E-state index is -0.891. The topological polar surface area (TPSA) is 29.5 Å². The van der Waals surface area contributed by atoms with Gasteiger partial charge in [-0.3, -0.25) is 0 Å². The van der Waals surface area contributed by atoms with Gasteiger partial charge in [-0.15, -0.1) is 0 Å². The number of halogens is 2. The Morgan fingerprint density at radius 3 is 2.71 bits per heavy atom. The van der Waals surface area contributed by atoms with Crippen LogP contribution in [-0.4, -0.2) is 17.8 Å². The van der Waals surface area contributed by atoms with E-state index in [9.17, 15) is 9.50 Å². The Bertz CT molecular complexity index is 351. The Morgan fingerprint density at radius 1 is 1.41 bits per heavy atom. The van der Waals surface area contributed by atoms with Crippen LogP contribution in [0.15, 0.2) is 18.2 Å². The van der Waals surface area contributed by atoms with Gasteiger partial charge in [-0.2, -0.15) is 0 Å². The Labute approximate surface area is 106 Å². The zero-order chi connectivity index (χ0) is 12.8. The molecule has 0 aromatic heterocycles. The molecule has 0 radical (unpaired) electrons. The van der Waals surface area contributed by atoms with Crippen LogP contribution in [0, 0.1) is 5.82 Å². The van der Waals surface area contributed by atoms with E-state index in [-0.39, 0.29) is 6.10 Å². The maximum Gasteiger partial charge on any atom is 0.123 e. The van der Waals surface area contributed by atoms with E-state index in [1.807, 2.05) is 13.8 Å². The summed E-state index contributed by atoms with van der Waals surface area (Å²) in [5.74, 6) is -0.407. The fourth-order valence-corrected chi connectivity index (χ4v) is 2.00. The SMILES string of the molecule is CCCC(OCC)C(O)c1cc(F)ccc1Cl. The van der Waals surface area contributed by atoms with Crippen molar-refractivity contribution in [3.8, 4) is 0 Å². The first-order chi connectivity index (χ1) is 8.10. The molecule has 0 bridgehead atoms. The first-order valence-electron chi connectivity index (χ1n) is 5.84. The molecule has 96 valence electrons. The summed E-state index contributed by atoms with van der Waals surface area (Å²) in [5.41, 5.74) is 0.388. The summed E-state index contributed by atoms with van der Waals surface area (Å²) in [4.78, 5) is 0. The highest BCUT2D eigenvalue weighted by Gasteiger charge is 2.23. The van der Waals surface area contributed by atoms with Crippen LogP contribution in [0.2, 0.25) is 5.02 Å². The van der Waals surface area contributed by atoms with Gasteiger partial charge in [0.2, 0.25) is 0 Å². The molecule has 0 saturated heterocycles. The molecule has 0 aliphatic heterocycles. The van der Waals surface area contributed by atoms with Gasteiger partial charge >= 0.3 is 0 Å². The van der Waals surface area contributed by atoms with Gasteiger partial charge in [-0.25, -0.2) is 4.39 Å². The van der Waals surface area contributed by atoms with E-state index in [0.29, 0.717) is 23.6 Å². The third-order valence-corrected chi connectivity index (χ3v) is 2.93. The van der Waals surface area contributed by atoms with Crippen LogP contribution in [0.5, 0.6) is 0 Å². The molecule has 2 nitrogen and oxygen atoms in total. The normalized spacial score (nSPS) is 14.6. The fourth-order valence-electron chi connectivity index (χ4n) is 1.77. The van der Waals surface area contributed by atoms with Gasteiger partial charge in [0.1, 0.15) is 11.9 Å². The number of aliphatic hydroxyl groups is 1. The maximum atomic E-state index is 13.1. The van der Waals surface area contributed by atoms with Crippen LogP contribution >= 0.6 is 11.6 Å². The Morgan fingerprint density at radius 2 is 2.12 bits per heavy atom. The van der Waals surface area contributed by atoms with Gasteiger partial charge in [-0.05, 0) is 31.5 Å². The second kappa shape index (κ2) is 6.94. The molecule has 0 fully saturated rings. The number of aliphatic hydroxyl groups excluding tert-OH is 1. The molecule has 1 N–H and O–H groups in total. The molecule has 1 rings (SSSR count). The molecule has 0 aliphatic rings. The predicted molar refractivity (Wildman–Crippen MR) is 66.7 cm³/mol. The fraction of sp³-hybridized carbons (Fsp3) is 0.538. The van der Waals surface area contributed by atoms with Gasteiger partial charge in [0.05, 0.1) is 6.10 Å². The minimum absolute atomic E-state index is 0.343. The Kier molecular flexibility index (Phi) is 5.89. The third-order valence-electron chi connectivity index (χ3n) is 2.58. The molecule has 1 aromatic rings. The molecule has 2 atom stereocenters. The summed E-state index contributed by atoms with van der Waals surface area (Å²) in [6.07, 6.45) is 0.360. The molecule has 4 heteroatoms. The summed E-state index contributed by atoms with van der Waals surface area (Å²) in [6.45, 7) is 4.38. The molecule has 0 spiro atoms. The van der Waals surface area contributed by atoms with Crippen molar-refractivity contribution >= 4 is 11.6 Å². The van der Waals surface area contributed by atoms with E-state index in [0.717, 1.165) is 6.42 Å². The summed E-state index contributed by atoms with van der Waals surface area (Å²) >= 11 is 5.95. The van der Waals surface area contributed by atoms with Crippen LogP contribution in [0.1, 0.15) is 38.4 Å². The van der Waals surface area contributed by atoms with Crippen LogP contribution in [0.25, 0.3) is 0 Å². The number of hydrogen-bond acceptors (Lipinski definition) is 2. The predicted octanol–water partition coefficient (Wildman–Crippen LogP) is 3.72. The first-order valence-corrected chi connectivity index (χ1v) is 6.22. The Balaban J connectivity index is 2.91. The summed E-state index contributed by atoms with van der Waals surface area (Å²) < 4.78 is 18.6. The van der Waals surface area contributed by atoms with E-state index in [1.54, 1.807) is 0 Å². The molecular formula is C13H18ClFO2. The summed E-state index contributed by atoms with van der Waals surface area (Å²) in [5, 5.41) is 10.5. The molecule has 0 aliphatic carbocycles. The third kappa shape index (κ3) is 3.95. The lowest BCUT2D eigenvalue weighted by atomic mass is 10.0. The summed E-state index contributed by atoms with van der Waals surface area (Å²) in [6, 6.07) is 3.98. The minimum Gasteiger partial charge on any atom is -0.386 e. The molecule has 1 aromatic carbocycles. The zero-order valence-corrected chi connectivity index (χ0v) is 10.9. The second-order valence-corrected chi connectivity index (χ2v) is 4.30. The molecule has 0 amide bonds. The van der Waals surface area contributed by atoms with E-state index >= 15 is 0 Å². The monoisotopic (exact) mass is 260 g/mol. The maximum absolute atomic E-state index is 13.1. The van der Waals surface area contributed by atoms with E-state index in [4.69, 9.17) is 16.3 Å². The Hall–Kier alpha value is -0.640. The van der Waals surface area contributed by atoms with E-state index in [2.05, 4.69) is 0 Å². The summed E-state index contributed by atoms with van der Waals surface area (Å²) in [7, 11) is 0. The van der Waals surface area contributed by atoms with E-state index in [1.165, 1.54) is 18.2 Å². The van der Waals surface area contributed by atoms with Gasteiger partial charge in [0.15, 0.2) is 0 Å². The highest BCUT2D eigenvalue weighted by molar-refractivity contribution is 6.31. The number of hydrogen-bond donors (Lipinski definition) is 1. The average molecular weight is 261 g/mol. The van der Waals surface area contributed by atoms with Crippen LogP contribution in [0.3, 0.4) is 0 Å². The van der Waals surface area contributed by atoms with Crippen molar-refractivity contribution < 1.29 is 14.2 Å². The van der Waals surface area contributed by atoms with Crippen molar-refractivity contribution in [3.05, 3.63) is 34.6 Å². The quantitative estimate of drug-likeness (QED) is 0.845. The van der Waals surface area contributed by atoms with Gasteiger partial charge in [0, 0.05) is 17.2 Å². The molecule has 0 heterocycles. The van der Waals surface area contributed by atoms with Crippen LogP contribution in [0.4, 0.5) is 4.39 Å². The van der Waals surface area contributed by atoms with Crippen LogP contribution < -0.4 is 0 Å². The number of ether oxygens (including phenoxy) is 1. The molecular weight excluding hydrogens is 243 g/mol. The van der Waals surface area contributed by atoms with Crippen molar-refractivity contribution in [1.29, 1.82) is 0 Å². The lowest BCUT2D eigenvalue weighted by molar-refractivity contribution is -0.0385. The number of rotatable bonds is 6. The van der Waals surface area contributed by atoms with Crippen molar-refractivity contribution in [2.24, 2.45) is 0 Å². The van der Waals surface area contributed by atoms with Gasteiger partial charge in [0.25, 0.3) is 0 Å². The zero-order valence-electron chi connectivity index (χ0n) is 10.1. The van der Waals surface area contributed by atoms with Crippen molar-refractivity contribution in [2.45, 2.75) is 38.9 Å². The smallest absolute Gasteiger partial charge is 0.123 e.